The molecule has 2 N–H and O–H groups in total. The zero-order valence-electron chi connectivity index (χ0n) is 10.6. The molecule has 0 aromatic carbocycles. The van der Waals surface area contributed by atoms with E-state index in [-0.39, 0.29) is 11.4 Å². The molecule has 1 aromatic rings. The summed E-state index contributed by atoms with van der Waals surface area (Å²) in [4.78, 5) is 11.8. The number of aromatic nitrogens is 2. The summed E-state index contributed by atoms with van der Waals surface area (Å²) in [5.41, 5.74) is 0.697. The Bertz CT molecular complexity index is 381. The van der Waals surface area contributed by atoms with Crippen molar-refractivity contribution in [3.63, 3.8) is 0 Å². The van der Waals surface area contributed by atoms with Crippen molar-refractivity contribution in [3.8, 4) is 0 Å². The van der Waals surface area contributed by atoms with Gasteiger partial charge in [0.05, 0.1) is 5.69 Å². The molecule has 0 fully saturated rings. The lowest BCUT2D eigenvalue weighted by molar-refractivity contribution is -0.117. The Morgan fingerprint density at radius 3 is 2.62 bits per heavy atom. The van der Waals surface area contributed by atoms with Crippen LogP contribution in [-0.2, 0) is 11.8 Å². The molecule has 1 heterocycles. The number of nitrogens with one attached hydrogen (secondary N) is 2. The molecule has 0 aliphatic rings. The Balaban J connectivity index is 2.62. The Labute approximate surface area is 96.2 Å². The van der Waals surface area contributed by atoms with Crippen molar-refractivity contribution in [1.82, 2.24) is 15.1 Å². The summed E-state index contributed by atoms with van der Waals surface area (Å²) in [6, 6.07) is 1.85. The minimum absolute atomic E-state index is 0.0117. The third kappa shape index (κ3) is 3.34. The van der Waals surface area contributed by atoms with Gasteiger partial charge in [0.1, 0.15) is 5.82 Å². The van der Waals surface area contributed by atoms with Crippen LogP contribution in [0.1, 0.15) is 26.0 Å². The van der Waals surface area contributed by atoms with Crippen LogP contribution in [0.4, 0.5) is 5.82 Å². The van der Waals surface area contributed by atoms with Crippen molar-refractivity contribution in [1.29, 1.82) is 0 Å². The summed E-state index contributed by atoms with van der Waals surface area (Å²) in [5, 5.41) is 10.1. The lowest BCUT2D eigenvalue weighted by atomic mass is 10.0. The number of hydrogen-bond donors (Lipinski definition) is 2. The maximum atomic E-state index is 11.8. The van der Waals surface area contributed by atoms with Gasteiger partial charge in [-0.2, -0.15) is 5.10 Å². The van der Waals surface area contributed by atoms with Gasteiger partial charge < -0.3 is 10.6 Å². The summed E-state index contributed by atoms with van der Waals surface area (Å²) >= 11 is 0. The Morgan fingerprint density at radius 1 is 1.56 bits per heavy atom. The van der Waals surface area contributed by atoms with Crippen LogP contribution in [0.3, 0.4) is 0 Å². The van der Waals surface area contributed by atoms with Crippen molar-refractivity contribution < 1.29 is 4.79 Å². The first kappa shape index (κ1) is 12.7. The van der Waals surface area contributed by atoms with Gasteiger partial charge >= 0.3 is 0 Å². The van der Waals surface area contributed by atoms with Crippen LogP contribution in [0, 0.1) is 6.92 Å². The summed E-state index contributed by atoms with van der Waals surface area (Å²) in [6.07, 6.45) is 0.424. The van der Waals surface area contributed by atoms with E-state index in [1.54, 1.807) is 4.68 Å². The molecule has 16 heavy (non-hydrogen) atoms. The topological polar surface area (TPSA) is 59.0 Å². The van der Waals surface area contributed by atoms with E-state index >= 15 is 0 Å². The quantitative estimate of drug-likeness (QED) is 0.804. The fourth-order valence-corrected chi connectivity index (χ4v) is 1.40. The van der Waals surface area contributed by atoms with Gasteiger partial charge in [0.15, 0.2) is 0 Å². The number of amides is 1. The second-order valence-electron chi connectivity index (χ2n) is 4.65. The monoisotopic (exact) mass is 224 g/mol. The van der Waals surface area contributed by atoms with Gasteiger partial charge in [-0.1, -0.05) is 0 Å². The number of carbonyl (C=O) groups excluding carboxylic acids is 1. The number of rotatable bonds is 4. The molecule has 5 nitrogen and oxygen atoms in total. The minimum Gasteiger partial charge on any atom is -0.314 e. The molecule has 1 amide bonds. The van der Waals surface area contributed by atoms with Crippen LogP contribution >= 0.6 is 0 Å². The van der Waals surface area contributed by atoms with Crippen molar-refractivity contribution in [2.75, 3.05) is 12.4 Å². The molecule has 90 valence electrons. The van der Waals surface area contributed by atoms with Crippen LogP contribution in [-0.4, -0.2) is 28.3 Å². The van der Waals surface area contributed by atoms with Gasteiger partial charge in [0.25, 0.3) is 0 Å². The van der Waals surface area contributed by atoms with Gasteiger partial charge in [-0.25, -0.2) is 0 Å². The first-order chi connectivity index (χ1) is 7.34. The van der Waals surface area contributed by atoms with Crippen molar-refractivity contribution in [2.24, 2.45) is 7.05 Å². The highest BCUT2D eigenvalue weighted by Gasteiger charge is 2.20. The van der Waals surface area contributed by atoms with Gasteiger partial charge in [-0.15, -0.1) is 0 Å². The molecule has 0 spiro atoms. The molecule has 0 aliphatic heterocycles. The molecule has 1 rings (SSSR count). The zero-order valence-corrected chi connectivity index (χ0v) is 10.6. The van der Waals surface area contributed by atoms with Crippen LogP contribution in [0.25, 0.3) is 0 Å². The van der Waals surface area contributed by atoms with Crippen molar-refractivity contribution in [3.05, 3.63) is 11.8 Å². The number of hydrogen-bond acceptors (Lipinski definition) is 3. The number of nitrogens with zero attached hydrogens (tertiary/aromatic N) is 2. The number of anilines is 1. The summed E-state index contributed by atoms with van der Waals surface area (Å²) in [5.74, 6) is 0.719. The number of carbonyl (C=O) groups is 1. The van der Waals surface area contributed by atoms with Crippen LogP contribution in [0.15, 0.2) is 6.07 Å². The second kappa shape index (κ2) is 4.65. The van der Waals surface area contributed by atoms with Crippen molar-refractivity contribution in [2.45, 2.75) is 32.7 Å². The number of aryl methyl sites for hydroxylation is 2. The van der Waals surface area contributed by atoms with Gasteiger partial charge in [-0.3, -0.25) is 9.48 Å². The Hall–Kier alpha value is -1.36. The average molecular weight is 224 g/mol. The van der Waals surface area contributed by atoms with Crippen LogP contribution in [0.5, 0.6) is 0 Å². The highest BCUT2D eigenvalue weighted by molar-refractivity contribution is 5.90. The summed E-state index contributed by atoms with van der Waals surface area (Å²) < 4.78 is 1.67. The second-order valence-corrected chi connectivity index (χ2v) is 4.65. The maximum absolute atomic E-state index is 11.8. The van der Waals surface area contributed by atoms with E-state index in [0.29, 0.717) is 6.42 Å². The molecule has 0 aliphatic carbocycles. The van der Waals surface area contributed by atoms with E-state index in [0.717, 1.165) is 11.5 Å². The highest BCUT2D eigenvalue weighted by atomic mass is 16.1. The largest absolute Gasteiger partial charge is 0.314 e. The normalized spacial score (nSPS) is 11.6. The van der Waals surface area contributed by atoms with E-state index in [2.05, 4.69) is 15.7 Å². The summed E-state index contributed by atoms with van der Waals surface area (Å²) in [7, 11) is 3.66. The van der Waals surface area contributed by atoms with Crippen molar-refractivity contribution >= 4 is 11.7 Å². The smallest absolute Gasteiger partial charge is 0.227 e. The molecule has 0 radical (unpaired) electrons. The molecule has 5 heteroatoms. The van der Waals surface area contributed by atoms with E-state index in [1.165, 1.54) is 0 Å². The molecular weight excluding hydrogens is 204 g/mol. The zero-order chi connectivity index (χ0) is 12.3. The molecule has 1 aromatic heterocycles. The standard InChI is InChI=1S/C11H20N4O/c1-8-6-9(15(5)14-8)13-10(16)7-11(2,3)12-4/h6,12H,7H2,1-5H3,(H,13,16). The molecular formula is C11H20N4O. The predicted molar refractivity (Wildman–Crippen MR) is 64.3 cm³/mol. The highest BCUT2D eigenvalue weighted by Crippen LogP contribution is 2.12. The van der Waals surface area contributed by atoms with E-state index in [4.69, 9.17) is 0 Å². The third-order valence-corrected chi connectivity index (χ3v) is 2.55. The fourth-order valence-electron chi connectivity index (χ4n) is 1.40. The Morgan fingerprint density at radius 2 is 2.19 bits per heavy atom. The third-order valence-electron chi connectivity index (χ3n) is 2.55. The Kier molecular flexibility index (Phi) is 3.70. The van der Waals surface area contributed by atoms with E-state index < -0.39 is 0 Å². The molecule has 0 bridgehead atoms. The lowest BCUT2D eigenvalue weighted by Gasteiger charge is -2.22. The van der Waals surface area contributed by atoms with E-state index in [9.17, 15) is 4.79 Å². The van der Waals surface area contributed by atoms with Crippen LogP contribution in [0.2, 0.25) is 0 Å². The first-order valence-electron chi connectivity index (χ1n) is 5.33. The summed E-state index contributed by atoms with van der Waals surface area (Å²) in [6.45, 7) is 5.87. The molecule has 0 atom stereocenters. The molecule has 0 saturated heterocycles. The first-order valence-corrected chi connectivity index (χ1v) is 5.33. The minimum atomic E-state index is -0.197. The average Bonchev–Trinajstić information content (AvgIpc) is 2.44. The lowest BCUT2D eigenvalue weighted by Crippen LogP contribution is -2.39. The SMILES string of the molecule is CNC(C)(C)CC(=O)Nc1cc(C)nn1C. The molecule has 0 saturated carbocycles. The van der Waals surface area contributed by atoms with Gasteiger partial charge in [-0.05, 0) is 27.8 Å². The molecule has 0 unspecified atom stereocenters. The fraction of sp³-hybridized carbons (Fsp3) is 0.636. The maximum Gasteiger partial charge on any atom is 0.227 e. The predicted octanol–water partition coefficient (Wildman–Crippen LogP) is 1.06. The van der Waals surface area contributed by atoms with E-state index in [1.807, 2.05) is 40.9 Å². The van der Waals surface area contributed by atoms with Gasteiger partial charge in [0.2, 0.25) is 5.91 Å². The van der Waals surface area contributed by atoms with Gasteiger partial charge in [0, 0.05) is 25.1 Å². The van der Waals surface area contributed by atoms with Crippen LogP contribution < -0.4 is 10.6 Å².